The largest absolute Gasteiger partial charge is 0.384 e. The van der Waals surface area contributed by atoms with E-state index >= 15 is 0 Å². The van der Waals surface area contributed by atoms with Crippen molar-refractivity contribution >= 4 is 28.5 Å². The molecule has 2 aromatic heterocycles. The van der Waals surface area contributed by atoms with Crippen molar-refractivity contribution < 1.29 is 0 Å². The highest BCUT2D eigenvalue weighted by molar-refractivity contribution is 7.99. The molecule has 0 atom stereocenters. The molecule has 0 aliphatic heterocycles. The van der Waals surface area contributed by atoms with E-state index in [4.69, 9.17) is 5.73 Å². The number of aromatic amines is 1. The lowest BCUT2D eigenvalue weighted by molar-refractivity contribution is 1.21. The molecule has 3 nitrogen and oxygen atoms in total. The van der Waals surface area contributed by atoms with Gasteiger partial charge in [-0.2, -0.15) is 0 Å². The van der Waals surface area contributed by atoms with Gasteiger partial charge in [-0.25, -0.2) is 4.98 Å². The lowest BCUT2D eigenvalue weighted by Crippen LogP contribution is -1.87. The molecule has 1 aromatic carbocycles. The first-order valence-corrected chi connectivity index (χ1v) is 6.10. The number of nitrogens with zero attached hydrogens (tertiary/aromatic N) is 1. The molecule has 0 saturated heterocycles. The van der Waals surface area contributed by atoms with Crippen molar-refractivity contribution in [2.75, 3.05) is 5.73 Å². The number of para-hydroxylation sites is 1. The van der Waals surface area contributed by atoms with E-state index in [9.17, 15) is 0 Å². The number of hydrogen-bond donors (Lipinski definition) is 2. The molecule has 4 heteroatoms. The molecule has 84 valence electrons. The SMILES string of the molecule is Nc1ccc(Sc2cc3ccccc3[nH]2)cn1. The number of nitrogens with one attached hydrogen (secondary N) is 1. The van der Waals surface area contributed by atoms with Crippen LogP contribution in [-0.2, 0) is 0 Å². The van der Waals surface area contributed by atoms with Crippen LogP contribution in [0.25, 0.3) is 10.9 Å². The van der Waals surface area contributed by atoms with Gasteiger partial charge in [-0.15, -0.1) is 0 Å². The quantitative estimate of drug-likeness (QED) is 0.723. The lowest BCUT2D eigenvalue weighted by atomic mass is 10.3. The van der Waals surface area contributed by atoms with Gasteiger partial charge in [-0.3, -0.25) is 0 Å². The zero-order chi connectivity index (χ0) is 11.7. The Morgan fingerprint density at radius 1 is 1.12 bits per heavy atom. The van der Waals surface area contributed by atoms with Crippen LogP contribution in [0, 0.1) is 0 Å². The summed E-state index contributed by atoms with van der Waals surface area (Å²) < 4.78 is 0. The molecule has 0 amide bonds. The van der Waals surface area contributed by atoms with E-state index in [1.54, 1.807) is 18.0 Å². The first-order chi connectivity index (χ1) is 8.31. The Labute approximate surface area is 103 Å². The minimum atomic E-state index is 0.547. The molecule has 0 bridgehead atoms. The zero-order valence-corrected chi connectivity index (χ0v) is 9.87. The van der Waals surface area contributed by atoms with Crippen molar-refractivity contribution in [2.45, 2.75) is 9.92 Å². The second-order valence-corrected chi connectivity index (χ2v) is 4.86. The van der Waals surface area contributed by atoms with Gasteiger partial charge in [0.2, 0.25) is 0 Å². The molecular formula is C13H11N3S. The highest BCUT2D eigenvalue weighted by Gasteiger charge is 2.02. The summed E-state index contributed by atoms with van der Waals surface area (Å²) in [5.41, 5.74) is 6.70. The number of nitrogen functional groups attached to an aromatic ring is 1. The minimum Gasteiger partial charge on any atom is -0.384 e. The van der Waals surface area contributed by atoms with Gasteiger partial charge in [0.15, 0.2) is 0 Å². The Bertz CT molecular complexity index is 610. The maximum atomic E-state index is 5.55. The molecule has 0 aliphatic carbocycles. The molecule has 3 N–H and O–H groups in total. The van der Waals surface area contributed by atoms with E-state index in [0.717, 1.165) is 15.4 Å². The van der Waals surface area contributed by atoms with Crippen LogP contribution in [0.4, 0.5) is 5.82 Å². The van der Waals surface area contributed by atoms with Crippen molar-refractivity contribution in [1.82, 2.24) is 9.97 Å². The van der Waals surface area contributed by atoms with Gasteiger partial charge in [0.25, 0.3) is 0 Å². The second-order valence-electron chi connectivity index (χ2n) is 3.74. The fourth-order valence-electron chi connectivity index (χ4n) is 1.68. The number of aromatic nitrogens is 2. The summed E-state index contributed by atoms with van der Waals surface area (Å²) in [6, 6.07) is 14.1. The molecule has 0 aliphatic rings. The zero-order valence-electron chi connectivity index (χ0n) is 9.05. The first kappa shape index (κ1) is 10.2. The molecule has 2 heterocycles. The van der Waals surface area contributed by atoms with Crippen LogP contribution in [0.1, 0.15) is 0 Å². The average Bonchev–Trinajstić information content (AvgIpc) is 2.74. The first-order valence-electron chi connectivity index (χ1n) is 5.28. The smallest absolute Gasteiger partial charge is 0.123 e. The van der Waals surface area contributed by atoms with E-state index in [1.165, 1.54) is 5.39 Å². The van der Waals surface area contributed by atoms with Gasteiger partial charge in [0.1, 0.15) is 5.82 Å². The standard InChI is InChI=1S/C13H11N3S/c14-12-6-5-10(8-15-12)17-13-7-9-3-1-2-4-11(9)16-13/h1-8,16H,(H2,14,15). The molecule has 3 rings (SSSR count). The Hall–Kier alpha value is -1.94. The highest BCUT2D eigenvalue weighted by atomic mass is 32.2. The van der Waals surface area contributed by atoms with Crippen LogP contribution in [0.2, 0.25) is 0 Å². The predicted octanol–water partition coefficient (Wildman–Crippen LogP) is 3.30. The number of benzene rings is 1. The Morgan fingerprint density at radius 3 is 2.76 bits per heavy atom. The van der Waals surface area contributed by atoms with E-state index in [-0.39, 0.29) is 0 Å². The van der Waals surface area contributed by atoms with E-state index in [2.05, 4.69) is 28.2 Å². The molecule has 0 radical (unpaired) electrons. The molecular weight excluding hydrogens is 230 g/mol. The summed E-state index contributed by atoms with van der Waals surface area (Å²) in [5.74, 6) is 0.547. The maximum absolute atomic E-state index is 5.55. The van der Waals surface area contributed by atoms with Crippen LogP contribution < -0.4 is 5.73 Å². The van der Waals surface area contributed by atoms with E-state index in [0.29, 0.717) is 5.82 Å². The number of anilines is 1. The third kappa shape index (κ3) is 2.12. The minimum absolute atomic E-state index is 0.547. The Balaban J connectivity index is 1.92. The maximum Gasteiger partial charge on any atom is 0.123 e. The summed E-state index contributed by atoms with van der Waals surface area (Å²) in [5, 5.41) is 2.33. The van der Waals surface area contributed by atoms with Crippen molar-refractivity contribution in [3.05, 3.63) is 48.7 Å². The second kappa shape index (κ2) is 4.14. The molecule has 0 unspecified atom stereocenters. The number of fused-ring (bicyclic) bond motifs is 1. The Kier molecular flexibility index (Phi) is 2.49. The third-order valence-corrected chi connectivity index (χ3v) is 3.41. The predicted molar refractivity (Wildman–Crippen MR) is 71.1 cm³/mol. The normalized spacial score (nSPS) is 10.8. The van der Waals surface area contributed by atoms with Gasteiger partial charge in [-0.1, -0.05) is 30.0 Å². The number of pyridine rings is 1. The summed E-state index contributed by atoms with van der Waals surface area (Å²) in [7, 11) is 0. The van der Waals surface area contributed by atoms with Crippen LogP contribution >= 0.6 is 11.8 Å². The van der Waals surface area contributed by atoms with Crippen LogP contribution in [0.5, 0.6) is 0 Å². The van der Waals surface area contributed by atoms with Gasteiger partial charge >= 0.3 is 0 Å². The Morgan fingerprint density at radius 2 is 2.00 bits per heavy atom. The lowest BCUT2D eigenvalue weighted by Gasteiger charge is -1.98. The van der Waals surface area contributed by atoms with E-state index in [1.807, 2.05) is 24.3 Å². The average molecular weight is 241 g/mol. The molecule has 0 fully saturated rings. The number of H-pyrrole nitrogens is 1. The van der Waals surface area contributed by atoms with Gasteiger partial charge < -0.3 is 10.7 Å². The topological polar surface area (TPSA) is 54.7 Å². The molecule has 0 spiro atoms. The van der Waals surface area contributed by atoms with Gasteiger partial charge in [-0.05, 0) is 24.3 Å². The summed E-state index contributed by atoms with van der Waals surface area (Å²) in [6.07, 6.45) is 1.78. The monoisotopic (exact) mass is 241 g/mol. The molecule has 0 saturated carbocycles. The fraction of sp³-hybridized carbons (Fsp3) is 0. The summed E-state index contributed by atoms with van der Waals surface area (Å²) in [6.45, 7) is 0. The van der Waals surface area contributed by atoms with Crippen molar-refractivity contribution in [3.8, 4) is 0 Å². The molecule has 3 aromatic rings. The number of nitrogens with two attached hydrogens (primary N) is 1. The fourth-order valence-corrected chi connectivity index (χ4v) is 2.52. The number of rotatable bonds is 2. The van der Waals surface area contributed by atoms with Gasteiger partial charge in [0, 0.05) is 22.0 Å². The van der Waals surface area contributed by atoms with Crippen LogP contribution in [0.3, 0.4) is 0 Å². The highest BCUT2D eigenvalue weighted by Crippen LogP contribution is 2.29. The summed E-state index contributed by atoms with van der Waals surface area (Å²) >= 11 is 1.65. The third-order valence-electron chi connectivity index (χ3n) is 2.49. The van der Waals surface area contributed by atoms with Crippen molar-refractivity contribution in [1.29, 1.82) is 0 Å². The van der Waals surface area contributed by atoms with Crippen molar-refractivity contribution in [3.63, 3.8) is 0 Å². The van der Waals surface area contributed by atoms with Crippen LogP contribution in [0.15, 0.2) is 58.6 Å². The summed E-state index contributed by atoms with van der Waals surface area (Å²) in [4.78, 5) is 8.51. The molecule has 17 heavy (non-hydrogen) atoms. The number of hydrogen-bond acceptors (Lipinski definition) is 3. The van der Waals surface area contributed by atoms with Gasteiger partial charge in [0.05, 0.1) is 5.03 Å². The van der Waals surface area contributed by atoms with Crippen LogP contribution in [-0.4, -0.2) is 9.97 Å². The van der Waals surface area contributed by atoms with Crippen molar-refractivity contribution in [2.24, 2.45) is 0 Å². The van der Waals surface area contributed by atoms with E-state index < -0.39 is 0 Å².